The fourth-order valence-electron chi connectivity index (χ4n) is 1.93. The standard InChI is InChI=1S/C20H29N3O6/c1-8-27-15(24)13-10-9-11-14(12-13)21-16(22-17(25)28-19(2,3)4)23-18(26)29-20(5,6)7/h9-12H,8H2,1-7H3,(H2,21,22,23,25,26). The van der Waals surface area contributed by atoms with Gasteiger partial charge in [0.25, 0.3) is 0 Å². The molecule has 0 aromatic heterocycles. The topological polar surface area (TPSA) is 115 Å². The molecule has 0 heterocycles. The lowest BCUT2D eigenvalue weighted by Gasteiger charge is -2.22. The van der Waals surface area contributed by atoms with Crippen molar-refractivity contribution in [3.05, 3.63) is 29.8 Å². The maximum atomic E-state index is 12.1. The van der Waals surface area contributed by atoms with Crippen LogP contribution in [0.4, 0.5) is 15.3 Å². The van der Waals surface area contributed by atoms with Crippen LogP contribution in [0.1, 0.15) is 58.8 Å². The molecule has 0 saturated carbocycles. The van der Waals surface area contributed by atoms with E-state index in [9.17, 15) is 14.4 Å². The number of amides is 2. The van der Waals surface area contributed by atoms with E-state index in [1.54, 1.807) is 66.7 Å². The van der Waals surface area contributed by atoms with Gasteiger partial charge >= 0.3 is 18.2 Å². The van der Waals surface area contributed by atoms with E-state index in [0.717, 1.165) is 0 Å². The summed E-state index contributed by atoms with van der Waals surface area (Å²) < 4.78 is 15.3. The number of nitrogens with zero attached hydrogens (tertiary/aromatic N) is 1. The van der Waals surface area contributed by atoms with Gasteiger partial charge in [0, 0.05) is 0 Å². The largest absolute Gasteiger partial charge is 0.462 e. The zero-order chi connectivity index (χ0) is 22.2. The number of alkyl carbamates (subject to hydrolysis) is 2. The molecular weight excluding hydrogens is 378 g/mol. The summed E-state index contributed by atoms with van der Waals surface area (Å²) in [6.07, 6.45) is -1.62. The third-order valence-electron chi connectivity index (χ3n) is 2.84. The highest BCUT2D eigenvalue weighted by molar-refractivity contribution is 6.02. The van der Waals surface area contributed by atoms with E-state index >= 15 is 0 Å². The van der Waals surface area contributed by atoms with E-state index in [1.807, 2.05) is 0 Å². The van der Waals surface area contributed by atoms with Crippen LogP contribution < -0.4 is 10.6 Å². The summed E-state index contributed by atoms with van der Waals surface area (Å²) in [6, 6.07) is 6.23. The van der Waals surface area contributed by atoms with E-state index in [2.05, 4.69) is 15.6 Å². The molecule has 0 fully saturated rings. The molecule has 2 N–H and O–H groups in total. The number of carbonyl (C=O) groups excluding carboxylic acids is 3. The van der Waals surface area contributed by atoms with Crippen LogP contribution in [0.5, 0.6) is 0 Å². The number of hydrogen-bond donors (Lipinski definition) is 2. The molecule has 0 aliphatic carbocycles. The predicted molar refractivity (Wildman–Crippen MR) is 108 cm³/mol. The number of benzene rings is 1. The second-order valence-electron chi connectivity index (χ2n) is 7.98. The summed E-state index contributed by atoms with van der Waals surface area (Å²) >= 11 is 0. The molecule has 160 valence electrons. The van der Waals surface area contributed by atoms with Crippen LogP contribution in [0, 0.1) is 0 Å². The van der Waals surface area contributed by atoms with Crippen molar-refractivity contribution < 1.29 is 28.6 Å². The van der Waals surface area contributed by atoms with Crippen molar-refractivity contribution >= 4 is 29.8 Å². The highest BCUT2D eigenvalue weighted by Crippen LogP contribution is 2.15. The molecule has 9 heteroatoms. The predicted octanol–water partition coefficient (Wildman–Crippen LogP) is 3.90. The molecule has 0 unspecified atom stereocenters. The van der Waals surface area contributed by atoms with Crippen LogP contribution in [0.25, 0.3) is 0 Å². The van der Waals surface area contributed by atoms with Gasteiger partial charge in [-0.15, -0.1) is 0 Å². The summed E-state index contributed by atoms with van der Waals surface area (Å²) in [5.74, 6) is -0.721. The Morgan fingerprint density at radius 2 is 1.45 bits per heavy atom. The molecule has 0 saturated heterocycles. The van der Waals surface area contributed by atoms with Gasteiger partial charge in [0.1, 0.15) is 11.2 Å². The van der Waals surface area contributed by atoms with E-state index < -0.39 is 29.4 Å². The molecule has 29 heavy (non-hydrogen) atoms. The number of rotatable bonds is 3. The lowest BCUT2D eigenvalue weighted by molar-refractivity contribution is 0.0517. The maximum absolute atomic E-state index is 12.1. The van der Waals surface area contributed by atoms with Gasteiger partial charge in [0.2, 0.25) is 5.96 Å². The summed E-state index contributed by atoms with van der Waals surface area (Å²) in [6.45, 7) is 12.1. The van der Waals surface area contributed by atoms with Gasteiger partial charge in [-0.3, -0.25) is 10.6 Å². The molecule has 1 aromatic rings. The Kier molecular flexibility index (Phi) is 8.17. The summed E-state index contributed by atoms with van der Waals surface area (Å²) in [5.41, 5.74) is -0.907. The fraction of sp³-hybridized carbons (Fsp3) is 0.500. The zero-order valence-corrected chi connectivity index (χ0v) is 17.9. The molecule has 0 aliphatic rings. The molecule has 0 aliphatic heterocycles. The smallest absolute Gasteiger partial charge is 0.414 e. The van der Waals surface area contributed by atoms with E-state index in [-0.39, 0.29) is 18.1 Å². The fourth-order valence-corrected chi connectivity index (χ4v) is 1.93. The second kappa shape index (κ2) is 9.90. The summed E-state index contributed by atoms with van der Waals surface area (Å²) in [4.78, 5) is 40.3. The van der Waals surface area contributed by atoms with E-state index in [4.69, 9.17) is 14.2 Å². The Morgan fingerprint density at radius 1 is 0.931 bits per heavy atom. The number of aliphatic imine (C=N–C) groups is 1. The second-order valence-corrected chi connectivity index (χ2v) is 7.98. The normalized spacial score (nSPS) is 11.1. The van der Waals surface area contributed by atoms with Gasteiger partial charge < -0.3 is 14.2 Å². The van der Waals surface area contributed by atoms with Crippen molar-refractivity contribution in [3.8, 4) is 0 Å². The maximum Gasteiger partial charge on any atom is 0.414 e. The van der Waals surface area contributed by atoms with Crippen LogP contribution in [-0.2, 0) is 14.2 Å². The molecule has 9 nitrogen and oxygen atoms in total. The Hall–Kier alpha value is -3.10. The summed E-state index contributed by atoms with van der Waals surface area (Å²) in [5, 5.41) is 4.75. The van der Waals surface area contributed by atoms with Crippen molar-refractivity contribution in [2.45, 2.75) is 59.7 Å². The van der Waals surface area contributed by atoms with Gasteiger partial charge in [-0.25, -0.2) is 19.4 Å². The van der Waals surface area contributed by atoms with Crippen molar-refractivity contribution in [1.29, 1.82) is 0 Å². The first-order valence-corrected chi connectivity index (χ1v) is 9.15. The number of esters is 1. The Morgan fingerprint density at radius 3 is 1.90 bits per heavy atom. The molecule has 2 amide bonds. The van der Waals surface area contributed by atoms with Crippen LogP contribution >= 0.6 is 0 Å². The van der Waals surface area contributed by atoms with Gasteiger partial charge in [-0.2, -0.15) is 0 Å². The highest BCUT2D eigenvalue weighted by Gasteiger charge is 2.21. The van der Waals surface area contributed by atoms with Crippen molar-refractivity contribution in [3.63, 3.8) is 0 Å². The Bertz CT molecular complexity index is 743. The average molecular weight is 407 g/mol. The lowest BCUT2D eigenvalue weighted by atomic mass is 10.2. The van der Waals surface area contributed by atoms with Crippen LogP contribution in [-0.4, -0.2) is 41.9 Å². The monoisotopic (exact) mass is 407 g/mol. The number of carbonyl (C=O) groups is 3. The van der Waals surface area contributed by atoms with Gasteiger partial charge in [0.05, 0.1) is 17.9 Å². The Labute approximate surface area is 170 Å². The lowest BCUT2D eigenvalue weighted by Crippen LogP contribution is -2.47. The molecule has 1 rings (SSSR count). The SMILES string of the molecule is CCOC(=O)c1cccc(N=C(NC(=O)OC(C)(C)C)NC(=O)OC(C)(C)C)c1. The highest BCUT2D eigenvalue weighted by atomic mass is 16.6. The quantitative estimate of drug-likeness (QED) is 0.340. The van der Waals surface area contributed by atoms with Crippen molar-refractivity contribution in [1.82, 2.24) is 10.6 Å². The van der Waals surface area contributed by atoms with Gasteiger partial charge in [0.15, 0.2) is 0 Å². The van der Waals surface area contributed by atoms with Crippen molar-refractivity contribution in [2.24, 2.45) is 4.99 Å². The van der Waals surface area contributed by atoms with Crippen molar-refractivity contribution in [2.75, 3.05) is 6.61 Å². The third kappa shape index (κ3) is 10.1. The molecule has 0 radical (unpaired) electrons. The Balaban J connectivity index is 3.12. The molecule has 0 bridgehead atoms. The minimum absolute atomic E-state index is 0.213. The van der Waals surface area contributed by atoms with Crippen LogP contribution in [0.15, 0.2) is 29.3 Å². The first-order chi connectivity index (χ1) is 13.3. The van der Waals surface area contributed by atoms with Gasteiger partial charge in [-0.1, -0.05) is 6.07 Å². The summed E-state index contributed by atoms with van der Waals surface area (Å²) in [7, 11) is 0. The number of ether oxygens (including phenoxy) is 3. The number of hydrogen-bond acceptors (Lipinski definition) is 7. The molecule has 0 atom stereocenters. The average Bonchev–Trinajstić information content (AvgIpc) is 2.51. The zero-order valence-electron chi connectivity index (χ0n) is 17.9. The minimum atomic E-state index is -0.811. The van der Waals surface area contributed by atoms with E-state index in [0.29, 0.717) is 5.69 Å². The van der Waals surface area contributed by atoms with Crippen LogP contribution in [0.3, 0.4) is 0 Å². The number of nitrogens with one attached hydrogen (secondary N) is 2. The van der Waals surface area contributed by atoms with Crippen LogP contribution in [0.2, 0.25) is 0 Å². The minimum Gasteiger partial charge on any atom is -0.462 e. The molecule has 1 aromatic carbocycles. The number of guanidine groups is 1. The molecular formula is C20H29N3O6. The molecule has 0 spiro atoms. The first-order valence-electron chi connectivity index (χ1n) is 9.15. The first kappa shape index (κ1) is 23.9. The van der Waals surface area contributed by atoms with Gasteiger partial charge in [-0.05, 0) is 66.7 Å². The third-order valence-corrected chi connectivity index (χ3v) is 2.84. The van der Waals surface area contributed by atoms with E-state index in [1.165, 1.54) is 6.07 Å².